The first-order valence-corrected chi connectivity index (χ1v) is 11.5. The molecule has 0 spiro atoms. The molecule has 0 radical (unpaired) electrons. The number of hydrogen-bond acceptors (Lipinski definition) is 3. The molecule has 9 heteroatoms. The molecule has 1 aliphatic rings. The Bertz CT molecular complexity index is 1320. The highest BCUT2D eigenvalue weighted by Crippen LogP contribution is 2.41. The largest absolute Gasteiger partial charge is 0.419 e. The Morgan fingerprint density at radius 3 is 2.19 bits per heavy atom. The predicted octanol–water partition coefficient (Wildman–Crippen LogP) is 8.14. The number of rotatable bonds is 4. The van der Waals surface area contributed by atoms with E-state index in [1.54, 1.807) is 12.1 Å². The van der Waals surface area contributed by atoms with Gasteiger partial charge in [0.05, 0.1) is 16.7 Å². The normalized spacial score (nSPS) is 14.6. The van der Waals surface area contributed by atoms with Crippen LogP contribution in [-0.2, 0) is 12.2 Å². The number of alkyl halides is 5. The molecule has 0 amide bonds. The standard InChI is InChI=1S/C26H20F6N2O.C2H6/c1-24(2,35)12-13-34(23-19-8-3-4-9-20(19)26(31,32)33-23)18-7-5-6-16(14-18)17-10-11-22(27)21(15-17)25(28,29)30;1-2/h3-15,35H,1-2H3;1-2H3/b13-12+;. The van der Waals surface area contributed by atoms with Gasteiger partial charge in [0.15, 0.2) is 0 Å². The molecule has 4 rings (SSSR count). The van der Waals surface area contributed by atoms with Crippen LogP contribution in [0.1, 0.15) is 44.4 Å². The van der Waals surface area contributed by atoms with Gasteiger partial charge in [-0.1, -0.05) is 56.3 Å². The Hall–Kier alpha value is -3.59. The number of benzene rings is 3. The van der Waals surface area contributed by atoms with Crippen molar-refractivity contribution in [1.82, 2.24) is 0 Å². The molecule has 0 unspecified atom stereocenters. The van der Waals surface area contributed by atoms with Crippen LogP contribution in [-0.4, -0.2) is 16.5 Å². The van der Waals surface area contributed by atoms with Gasteiger partial charge in [0.1, 0.15) is 11.7 Å². The van der Waals surface area contributed by atoms with E-state index in [0.717, 1.165) is 6.07 Å². The summed E-state index contributed by atoms with van der Waals surface area (Å²) < 4.78 is 82.7. The SMILES string of the molecule is CC.CC(C)(O)/C=C/N(C1=NC(F)(F)c2ccccc21)c1cccc(-c2ccc(F)c(C(F)(F)F)c2)c1. The van der Waals surface area contributed by atoms with Crippen LogP contribution in [0.3, 0.4) is 0 Å². The van der Waals surface area contributed by atoms with Crippen LogP contribution in [0.4, 0.5) is 32.0 Å². The van der Waals surface area contributed by atoms with E-state index in [4.69, 9.17) is 0 Å². The number of halogens is 6. The number of fused-ring (bicyclic) bond motifs is 1. The highest BCUT2D eigenvalue weighted by atomic mass is 19.4. The smallest absolute Gasteiger partial charge is 0.386 e. The topological polar surface area (TPSA) is 35.8 Å². The van der Waals surface area contributed by atoms with Gasteiger partial charge in [-0.15, -0.1) is 0 Å². The van der Waals surface area contributed by atoms with Gasteiger partial charge in [-0.3, -0.25) is 0 Å². The average Bonchev–Trinajstić information content (AvgIpc) is 3.10. The number of hydrogen-bond donors (Lipinski definition) is 1. The van der Waals surface area contributed by atoms with E-state index in [1.165, 1.54) is 73.5 Å². The highest BCUT2D eigenvalue weighted by Gasteiger charge is 2.42. The van der Waals surface area contributed by atoms with Crippen LogP contribution in [0.25, 0.3) is 11.1 Å². The number of nitrogens with zero attached hydrogens (tertiary/aromatic N) is 2. The molecule has 3 aromatic carbocycles. The Kier molecular flexibility index (Phi) is 7.88. The maximum absolute atomic E-state index is 14.6. The van der Waals surface area contributed by atoms with E-state index in [1.807, 2.05) is 13.8 Å². The minimum Gasteiger partial charge on any atom is -0.386 e. The van der Waals surface area contributed by atoms with Crippen LogP contribution in [0.15, 0.2) is 84.0 Å². The fraction of sp³-hybridized carbons (Fsp3) is 0.250. The number of anilines is 1. The Morgan fingerprint density at radius 2 is 1.54 bits per heavy atom. The third-order valence-corrected chi connectivity index (χ3v) is 5.33. The summed E-state index contributed by atoms with van der Waals surface area (Å²) in [5.74, 6) is -1.50. The number of amidine groups is 1. The molecule has 0 aliphatic carbocycles. The molecule has 0 aromatic heterocycles. The molecule has 196 valence electrons. The minimum atomic E-state index is -4.88. The molecular weight excluding hydrogens is 494 g/mol. The zero-order chi connectivity index (χ0) is 27.6. The summed E-state index contributed by atoms with van der Waals surface area (Å²) in [7, 11) is 0. The lowest BCUT2D eigenvalue weighted by atomic mass is 10.0. The third-order valence-electron chi connectivity index (χ3n) is 5.33. The van der Waals surface area contributed by atoms with Gasteiger partial charge < -0.3 is 10.0 Å². The summed E-state index contributed by atoms with van der Waals surface area (Å²) in [6, 6.07) is 11.0. The van der Waals surface area contributed by atoms with E-state index in [2.05, 4.69) is 4.99 Å². The Morgan fingerprint density at radius 1 is 0.892 bits per heavy atom. The molecule has 0 fully saturated rings. The Labute approximate surface area is 211 Å². The van der Waals surface area contributed by atoms with Gasteiger partial charge in [0.2, 0.25) is 0 Å². The lowest BCUT2D eigenvalue weighted by Crippen LogP contribution is -2.27. The summed E-state index contributed by atoms with van der Waals surface area (Å²) in [5, 5.41) is 10.2. The molecule has 0 saturated carbocycles. The van der Waals surface area contributed by atoms with Crippen LogP contribution in [0.5, 0.6) is 0 Å². The van der Waals surface area contributed by atoms with Gasteiger partial charge in [-0.05, 0) is 55.3 Å². The van der Waals surface area contributed by atoms with E-state index in [0.29, 0.717) is 17.3 Å². The number of aliphatic imine (C=N–C) groups is 1. The molecule has 37 heavy (non-hydrogen) atoms. The van der Waals surface area contributed by atoms with Crippen molar-refractivity contribution in [2.24, 2.45) is 4.99 Å². The number of aliphatic hydroxyl groups is 1. The fourth-order valence-corrected chi connectivity index (χ4v) is 3.67. The summed E-state index contributed by atoms with van der Waals surface area (Å²) in [6.45, 7) is 6.99. The van der Waals surface area contributed by atoms with Crippen LogP contribution in [0.2, 0.25) is 0 Å². The van der Waals surface area contributed by atoms with Crippen molar-refractivity contribution in [3.63, 3.8) is 0 Å². The monoisotopic (exact) mass is 520 g/mol. The quantitative estimate of drug-likeness (QED) is 0.278. The minimum absolute atomic E-state index is 0.0890. The van der Waals surface area contributed by atoms with Crippen molar-refractivity contribution in [3.05, 3.63) is 102 Å². The van der Waals surface area contributed by atoms with Crippen molar-refractivity contribution in [3.8, 4) is 11.1 Å². The van der Waals surface area contributed by atoms with Crippen molar-refractivity contribution < 1.29 is 31.4 Å². The average molecular weight is 521 g/mol. The van der Waals surface area contributed by atoms with E-state index >= 15 is 0 Å². The molecule has 1 N–H and O–H groups in total. The summed E-state index contributed by atoms with van der Waals surface area (Å²) >= 11 is 0. The second-order valence-corrected chi connectivity index (χ2v) is 8.60. The third kappa shape index (κ3) is 6.22. The zero-order valence-corrected chi connectivity index (χ0v) is 20.6. The molecule has 1 heterocycles. The Balaban J connectivity index is 0.00000186. The zero-order valence-electron chi connectivity index (χ0n) is 20.6. The maximum Gasteiger partial charge on any atom is 0.419 e. The second kappa shape index (κ2) is 10.4. The predicted molar refractivity (Wildman–Crippen MR) is 133 cm³/mol. The van der Waals surface area contributed by atoms with Crippen LogP contribution < -0.4 is 4.90 Å². The molecular formula is C28H26F6N2O. The first-order valence-electron chi connectivity index (χ1n) is 11.5. The van der Waals surface area contributed by atoms with Gasteiger partial charge >= 0.3 is 12.2 Å². The van der Waals surface area contributed by atoms with Gasteiger partial charge in [0, 0.05) is 17.5 Å². The fourth-order valence-electron chi connectivity index (χ4n) is 3.67. The van der Waals surface area contributed by atoms with Gasteiger partial charge in [-0.2, -0.15) is 26.9 Å². The van der Waals surface area contributed by atoms with E-state index in [9.17, 15) is 31.4 Å². The van der Waals surface area contributed by atoms with Gasteiger partial charge in [0.25, 0.3) is 0 Å². The van der Waals surface area contributed by atoms with Crippen molar-refractivity contribution >= 4 is 11.5 Å². The molecule has 1 aliphatic heterocycles. The van der Waals surface area contributed by atoms with Crippen LogP contribution in [0, 0.1) is 5.82 Å². The van der Waals surface area contributed by atoms with E-state index in [-0.39, 0.29) is 22.5 Å². The van der Waals surface area contributed by atoms with Crippen molar-refractivity contribution in [2.75, 3.05) is 4.90 Å². The van der Waals surface area contributed by atoms with Crippen molar-refractivity contribution in [2.45, 2.75) is 45.5 Å². The lowest BCUT2D eigenvalue weighted by molar-refractivity contribution is -0.139. The van der Waals surface area contributed by atoms with Crippen molar-refractivity contribution in [1.29, 1.82) is 0 Å². The summed E-state index contributed by atoms with van der Waals surface area (Å²) in [5.41, 5.74) is -2.14. The lowest BCUT2D eigenvalue weighted by Gasteiger charge is -2.23. The summed E-state index contributed by atoms with van der Waals surface area (Å²) in [6.07, 6.45) is -2.13. The highest BCUT2D eigenvalue weighted by molar-refractivity contribution is 6.14. The second-order valence-electron chi connectivity index (χ2n) is 8.60. The molecule has 0 atom stereocenters. The first-order chi connectivity index (χ1) is 17.3. The maximum atomic E-state index is 14.6. The molecule has 0 saturated heterocycles. The molecule has 3 nitrogen and oxygen atoms in total. The first kappa shape index (κ1) is 28.0. The summed E-state index contributed by atoms with van der Waals surface area (Å²) in [4.78, 5) is 4.93. The van der Waals surface area contributed by atoms with E-state index < -0.39 is 29.2 Å². The molecule has 3 aromatic rings. The van der Waals surface area contributed by atoms with Crippen LogP contribution >= 0.6 is 0 Å². The van der Waals surface area contributed by atoms with Gasteiger partial charge in [-0.25, -0.2) is 4.39 Å². The molecule has 0 bridgehead atoms.